The maximum atomic E-state index is 12.2. The number of carbonyl (C=O) groups excluding carboxylic acids is 1. The Morgan fingerprint density at radius 1 is 1.00 bits per heavy atom. The van der Waals surface area contributed by atoms with Crippen molar-refractivity contribution >= 4 is 15.7 Å². The molecule has 0 spiro atoms. The lowest BCUT2D eigenvalue weighted by Crippen LogP contribution is -2.34. The first-order valence-electron chi connectivity index (χ1n) is 7.52. The van der Waals surface area contributed by atoms with Gasteiger partial charge in [0, 0.05) is 5.75 Å². The van der Waals surface area contributed by atoms with E-state index in [1.807, 2.05) is 61.5 Å². The summed E-state index contributed by atoms with van der Waals surface area (Å²) < 4.78 is 23.3. The van der Waals surface area contributed by atoms with Gasteiger partial charge in [-0.1, -0.05) is 67.1 Å². The van der Waals surface area contributed by atoms with Crippen LogP contribution in [0.5, 0.6) is 0 Å². The highest BCUT2D eigenvalue weighted by Crippen LogP contribution is 2.22. The Morgan fingerprint density at radius 2 is 1.57 bits per heavy atom. The van der Waals surface area contributed by atoms with Gasteiger partial charge in [0.2, 0.25) is 5.91 Å². The maximum absolute atomic E-state index is 12.2. The zero-order valence-electron chi connectivity index (χ0n) is 13.3. The molecule has 1 atom stereocenters. The van der Waals surface area contributed by atoms with Crippen LogP contribution in [-0.2, 0) is 14.6 Å². The minimum Gasteiger partial charge on any atom is -0.344 e. The molecule has 0 fully saturated rings. The molecule has 4 nitrogen and oxygen atoms in total. The normalized spacial score (nSPS) is 12.6. The van der Waals surface area contributed by atoms with Gasteiger partial charge in [-0.3, -0.25) is 4.79 Å². The Hall–Kier alpha value is -2.14. The van der Waals surface area contributed by atoms with Crippen LogP contribution < -0.4 is 5.32 Å². The number of carbonyl (C=O) groups is 1. The first-order chi connectivity index (χ1) is 10.9. The lowest BCUT2D eigenvalue weighted by molar-refractivity contribution is -0.119. The van der Waals surface area contributed by atoms with E-state index in [9.17, 15) is 13.2 Å². The molecule has 122 valence electrons. The molecule has 0 radical (unpaired) electrons. The van der Waals surface area contributed by atoms with Crippen LogP contribution in [-0.4, -0.2) is 25.8 Å². The van der Waals surface area contributed by atoms with E-state index in [1.165, 1.54) is 6.92 Å². The van der Waals surface area contributed by atoms with Gasteiger partial charge in [-0.15, -0.1) is 0 Å². The van der Waals surface area contributed by atoms with E-state index in [0.29, 0.717) is 0 Å². The Kier molecular flexibility index (Phi) is 5.55. The largest absolute Gasteiger partial charge is 0.344 e. The van der Waals surface area contributed by atoms with Gasteiger partial charge >= 0.3 is 0 Å². The van der Waals surface area contributed by atoms with Gasteiger partial charge in [0.1, 0.15) is 5.75 Å². The number of amides is 1. The number of benzene rings is 2. The van der Waals surface area contributed by atoms with Crippen molar-refractivity contribution in [3.63, 3.8) is 0 Å². The second-order valence-electron chi connectivity index (χ2n) is 5.50. The lowest BCUT2D eigenvalue weighted by atomic mass is 9.98. The number of rotatable bonds is 6. The van der Waals surface area contributed by atoms with E-state index >= 15 is 0 Å². The average molecular weight is 331 g/mol. The third-order valence-corrected chi connectivity index (χ3v) is 5.22. The Labute approximate surface area is 137 Å². The fourth-order valence-electron chi connectivity index (χ4n) is 2.27. The van der Waals surface area contributed by atoms with Crippen LogP contribution in [0.1, 0.15) is 29.7 Å². The summed E-state index contributed by atoms with van der Waals surface area (Å²) in [6, 6.07) is 17.0. The monoisotopic (exact) mass is 331 g/mol. The van der Waals surface area contributed by atoms with E-state index in [4.69, 9.17) is 0 Å². The molecule has 0 saturated heterocycles. The summed E-state index contributed by atoms with van der Waals surface area (Å²) in [4.78, 5) is 12.2. The Bertz CT molecular complexity index is 753. The molecule has 1 unspecified atom stereocenters. The van der Waals surface area contributed by atoms with Crippen molar-refractivity contribution in [2.75, 3.05) is 11.5 Å². The molecular formula is C18H21NO3S. The number of nitrogens with one attached hydrogen (secondary N) is 1. The minimum atomic E-state index is -3.35. The van der Waals surface area contributed by atoms with Crippen molar-refractivity contribution in [1.82, 2.24) is 5.32 Å². The van der Waals surface area contributed by atoms with Gasteiger partial charge in [0.05, 0.1) is 6.04 Å². The van der Waals surface area contributed by atoms with E-state index in [-0.39, 0.29) is 11.8 Å². The SMILES string of the molecule is CCS(=O)(=O)CC(=O)NC(c1ccccc1)c1ccc(C)cc1. The molecular weight excluding hydrogens is 310 g/mol. The van der Waals surface area contributed by atoms with E-state index < -0.39 is 21.5 Å². The number of sulfone groups is 1. The summed E-state index contributed by atoms with van der Waals surface area (Å²) in [5.41, 5.74) is 2.96. The standard InChI is InChI=1S/C18H21NO3S/c1-3-23(21,22)13-17(20)19-18(15-7-5-4-6-8-15)16-11-9-14(2)10-12-16/h4-12,18H,3,13H2,1-2H3,(H,19,20). The van der Waals surface area contributed by atoms with Crippen LogP contribution in [0.3, 0.4) is 0 Å². The maximum Gasteiger partial charge on any atom is 0.235 e. The average Bonchev–Trinajstić information content (AvgIpc) is 2.54. The third kappa shape index (κ3) is 4.93. The molecule has 0 saturated carbocycles. The summed E-state index contributed by atoms with van der Waals surface area (Å²) >= 11 is 0. The molecule has 2 aromatic rings. The van der Waals surface area contributed by atoms with Crippen molar-refractivity contribution in [3.8, 4) is 0 Å². The van der Waals surface area contributed by atoms with Crippen molar-refractivity contribution in [2.45, 2.75) is 19.9 Å². The number of aryl methyl sites for hydroxylation is 1. The molecule has 0 aromatic heterocycles. The van der Waals surface area contributed by atoms with Crippen molar-refractivity contribution in [3.05, 3.63) is 71.3 Å². The van der Waals surface area contributed by atoms with Crippen LogP contribution in [0.2, 0.25) is 0 Å². The van der Waals surface area contributed by atoms with Gasteiger partial charge in [0.25, 0.3) is 0 Å². The fraction of sp³-hybridized carbons (Fsp3) is 0.278. The molecule has 1 N–H and O–H groups in total. The smallest absolute Gasteiger partial charge is 0.235 e. The molecule has 0 bridgehead atoms. The van der Waals surface area contributed by atoms with Gasteiger partial charge in [-0.2, -0.15) is 0 Å². The molecule has 0 aliphatic carbocycles. The van der Waals surface area contributed by atoms with Crippen LogP contribution in [0, 0.1) is 6.92 Å². The molecule has 23 heavy (non-hydrogen) atoms. The summed E-state index contributed by atoms with van der Waals surface area (Å²) in [5, 5.41) is 2.84. The zero-order valence-corrected chi connectivity index (χ0v) is 14.1. The summed E-state index contributed by atoms with van der Waals surface area (Å²) in [7, 11) is -3.35. The summed E-state index contributed by atoms with van der Waals surface area (Å²) in [6.45, 7) is 3.53. The molecule has 0 aliphatic rings. The molecule has 0 heterocycles. The van der Waals surface area contributed by atoms with Gasteiger partial charge in [-0.25, -0.2) is 8.42 Å². The van der Waals surface area contributed by atoms with E-state index in [0.717, 1.165) is 16.7 Å². The Morgan fingerprint density at radius 3 is 2.13 bits per heavy atom. The summed E-state index contributed by atoms with van der Waals surface area (Å²) in [6.07, 6.45) is 0. The molecule has 2 aromatic carbocycles. The predicted molar refractivity (Wildman–Crippen MR) is 91.9 cm³/mol. The first-order valence-corrected chi connectivity index (χ1v) is 9.34. The number of hydrogen-bond donors (Lipinski definition) is 1. The topological polar surface area (TPSA) is 63.2 Å². The third-order valence-electron chi connectivity index (χ3n) is 3.64. The lowest BCUT2D eigenvalue weighted by Gasteiger charge is -2.20. The fourth-order valence-corrected chi connectivity index (χ4v) is 2.95. The highest BCUT2D eigenvalue weighted by molar-refractivity contribution is 7.92. The van der Waals surface area contributed by atoms with Gasteiger partial charge in [-0.05, 0) is 18.1 Å². The van der Waals surface area contributed by atoms with Crippen molar-refractivity contribution < 1.29 is 13.2 Å². The molecule has 2 rings (SSSR count). The molecule has 1 amide bonds. The highest BCUT2D eigenvalue weighted by atomic mass is 32.2. The predicted octanol–water partition coefficient (Wildman–Crippen LogP) is 2.64. The second-order valence-corrected chi connectivity index (χ2v) is 7.85. The van der Waals surface area contributed by atoms with E-state index in [2.05, 4.69) is 5.32 Å². The zero-order chi connectivity index (χ0) is 16.9. The highest BCUT2D eigenvalue weighted by Gasteiger charge is 2.20. The minimum absolute atomic E-state index is 0.0407. The van der Waals surface area contributed by atoms with Gasteiger partial charge < -0.3 is 5.32 Å². The Balaban J connectivity index is 2.28. The van der Waals surface area contributed by atoms with E-state index in [1.54, 1.807) is 0 Å². The van der Waals surface area contributed by atoms with Crippen molar-refractivity contribution in [1.29, 1.82) is 0 Å². The second kappa shape index (κ2) is 7.42. The van der Waals surface area contributed by atoms with Crippen LogP contribution in [0.25, 0.3) is 0 Å². The number of hydrogen-bond acceptors (Lipinski definition) is 3. The first kappa shape index (κ1) is 17.2. The van der Waals surface area contributed by atoms with Gasteiger partial charge in [0.15, 0.2) is 9.84 Å². The summed E-state index contributed by atoms with van der Waals surface area (Å²) in [5.74, 6) is -1.01. The van der Waals surface area contributed by atoms with Crippen LogP contribution in [0.15, 0.2) is 54.6 Å². The quantitative estimate of drug-likeness (QED) is 0.885. The molecule has 0 aliphatic heterocycles. The molecule has 5 heteroatoms. The van der Waals surface area contributed by atoms with Crippen LogP contribution in [0.4, 0.5) is 0 Å². The van der Waals surface area contributed by atoms with Crippen LogP contribution >= 0.6 is 0 Å². The van der Waals surface area contributed by atoms with Crippen molar-refractivity contribution in [2.24, 2.45) is 0 Å².